The van der Waals surface area contributed by atoms with E-state index in [1.54, 1.807) is 26.8 Å². The molecule has 1 aromatic heterocycles. The highest BCUT2D eigenvalue weighted by Crippen LogP contribution is 2.22. The van der Waals surface area contributed by atoms with Gasteiger partial charge in [0.15, 0.2) is 0 Å². The van der Waals surface area contributed by atoms with Gasteiger partial charge in [0.05, 0.1) is 13.2 Å². The Labute approximate surface area is 162 Å². The van der Waals surface area contributed by atoms with Crippen LogP contribution >= 0.6 is 0 Å². The largest absolute Gasteiger partial charge is 0.444 e. The van der Waals surface area contributed by atoms with Crippen LogP contribution in [0.2, 0.25) is 0 Å². The Bertz CT molecular complexity index is 751. The molecule has 0 radical (unpaired) electrons. The third-order valence-corrected chi connectivity index (χ3v) is 3.47. The highest BCUT2D eigenvalue weighted by atomic mass is 19.3. The third-order valence-electron chi connectivity index (χ3n) is 3.47. The standard InChI is InChI=1S/C20H24F2N2O4/c1-20(2,3)28-19(25)24-12-16(26-13-14-7-5-4-6-8-14)15-9-10-23-17(11-15)27-18(21)22/h4-11,16,18H,12-13H2,1-3H3,(H,24,25)/t16-/m0/s1. The van der Waals surface area contributed by atoms with Crippen LogP contribution in [0, 0.1) is 0 Å². The summed E-state index contributed by atoms with van der Waals surface area (Å²) < 4.78 is 40.4. The molecule has 0 aliphatic rings. The van der Waals surface area contributed by atoms with Crippen molar-refractivity contribution in [3.8, 4) is 5.88 Å². The first kappa shape index (κ1) is 21.6. The lowest BCUT2D eigenvalue weighted by molar-refractivity contribution is -0.0531. The number of alkyl carbamates (subject to hydrolysis) is 1. The van der Waals surface area contributed by atoms with Crippen LogP contribution in [0.1, 0.15) is 38.0 Å². The minimum atomic E-state index is -2.98. The molecule has 0 spiro atoms. The van der Waals surface area contributed by atoms with Crippen LogP contribution in [-0.2, 0) is 16.1 Å². The molecule has 6 nitrogen and oxygen atoms in total. The van der Waals surface area contributed by atoms with Gasteiger partial charge in [-0.2, -0.15) is 8.78 Å². The Morgan fingerprint density at radius 2 is 1.89 bits per heavy atom. The molecule has 0 fully saturated rings. The van der Waals surface area contributed by atoms with Gasteiger partial charge in [-0.1, -0.05) is 30.3 Å². The van der Waals surface area contributed by atoms with Gasteiger partial charge in [0, 0.05) is 12.3 Å². The summed E-state index contributed by atoms with van der Waals surface area (Å²) in [7, 11) is 0. The van der Waals surface area contributed by atoms with Gasteiger partial charge in [0.25, 0.3) is 0 Å². The van der Waals surface area contributed by atoms with E-state index in [0.29, 0.717) is 5.56 Å². The Morgan fingerprint density at radius 1 is 1.18 bits per heavy atom. The van der Waals surface area contributed by atoms with Gasteiger partial charge in [-0.15, -0.1) is 0 Å². The third kappa shape index (κ3) is 7.87. The number of aromatic nitrogens is 1. The van der Waals surface area contributed by atoms with Gasteiger partial charge in [-0.25, -0.2) is 9.78 Å². The SMILES string of the molecule is CC(C)(C)OC(=O)NC[C@H](OCc1ccccc1)c1ccnc(OC(F)F)c1. The van der Waals surface area contributed by atoms with E-state index in [-0.39, 0.29) is 19.0 Å². The summed E-state index contributed by atoms with van der Waals surface area (Å²) in [6.07, 6.45) is 0.133. The van der Waals surface area contributed by atoms with Gasteiger partial charge < -0.3 is 19.5 Å². The first-order valence-corrected chi connectivity index (χ1v) is 8.76. The van der Waals surface area contributed by atoms with Crippen molar-refractivity contribution in [2.24, 2.45) is 0 Å². The highest BCUT2D eigenvalue weighted by Gasteiger charge is 2.20. The second kappa shape index (κ2) is 9.98. The lowest BCUT2D eigenvalue weighted by Gasteiger charge is -2.23. The van der Waals surface area contributed by atoms with E-state index in [4.69, 9.17) is 9.47 Å². The molecule has 2 aromatic rings. The molecule has 152 valence electrons. The maximum absolute atomic E-state index is 12.5. The van der Waals surface area contributed by atoms with Gasteiger partial charge in [-0.3, -0.25) is 0 Å². The van der Waals surface area contributed by atoms with Gasteiger partial charge in [0.2, 0.25) is 5.88 Å². The summed E-state index contributed by atoms with van der Waals surface area (Å²) in [5, 5.41) is 2.64. The molecular formula is C20H24F2N2O4. The number of hydrogen-bond acceptors (Lipinski definition) is 5. The number of amides is 1. The highest BCUT2D eigenvalue weighted by molar-refractivity contribution is 5.67. The minimum Gasteiger partial charge on any atom is -0.444 e. The molecule has 0 saturated heterocycles. The number of nitrogens with zero attached hydrogens (tertiary/aromatic N) is 1. The van der Waals surface area contributed by atoms with E-state index >= 15 is 0 Å². The normalized spacial score (nSPS) is 12.5. The summed E-state index contributed by atoms with van der Waals surface area (Å²) in [6.45, 7) is 2.65. The molecule has 0 bridgehead atoms. The van der Waals surface area contributed by atoms with Crippen LogP contribution in [-0.4, -0.2) is 29.8 Å². The van der Waals surface area contributed by atoms with Crippen molar-refractivity contribution in [3.63, 3.8) is 0 Å². The Morgan fingerprint density at radius 3 is 2.54 bits per heavy atom. The summed E-state index contributed by atoms with van der Waals surface area (Å²) in [5.74, 6) is -0.224. The van der Waals surface area contributed by atoms with Gasteiger partial charge >= 0.3 is 12.7 Å². The Hall–Kier alpha value is -2.74. The molecule has 0 saturated carbocycles. The zero-order valence-corrected chi connectivity index (χ0v) is 16.0. The molecule has 28 heavy (non-hydrogen) atoms. The monoisotopic (exact) mass is 394 g/mol. The smallest absolute Gasteiger partial charge is 0.407 e. The molecule has 2 rings (SSSR count). The topological polar surface area (TPSA) is 69.7 Å². The summed E-state index contributed by atoms with van der Waals surface area (Å²) in [4.78, 5) is 15.7. The molecule has 1 atom stereocenters. The van der Waals surface area contributed by atoms with Crippen molar-refractivity contribution < 1.29 is 27.8 Å². The zero-order valence-electron chi connectivity index (χ0n) is 16.0. The van der Waals surface area contributed by atoms with E-state index in [1.807, 2.05) is 30.3 Å². The molecule has 0 unspecified atom stereocenters. The quantitative estimate of drug-likeness (QED) is 0.716. The lowest BCUT2D eigenvalue weighted by atomic mass is 10.1. The van der Waals surface area contributed by atoms with E-state index in [2.05, 4.69) is 15.0 Å². The molecule has 0 aliphatic heterocycles. The maximum Gasteiger partial charge on any atom is 0.407 e. The van der Waals surface area contributed by atoms with E-state index in [0.717, 1.165) is 5.56 Å². The average molecular weight is 394 g/mol. The number of benzene rings is 1. The number of halogens is 2. The first-order chi connectivity index (χ1) is 13.2. The molecule has 1 N–H and O–H groups in total. The first-order valence-electron chi connectivity index (χ1n) is 8.76. The van der Waals surface area contributed by atoms with Crippen LogP contribution < -0.4 is 10.1 Å². The fourth-order valence-electron chi connectivity index (χ4n) is 2.32. The number of ether oxygens (including phenoxy) is 3. The van der Waals surface area contributed by atoms with E-state index < -0.39 is 24.4 Å². The number of carbonyl (C=O) groups excluding carboxylic acids is 1. The van der Waals surface area contributed by atoms with Gasteiger partial charge in [-0.05, 0) is 38.0 Å². The van der Waals surface area contributed by atoms with E-state index in [1.165, 1.54) is 12.3 Å². The number of hydrogen-bond donors (Lipinski definition) is 1. The summed E-state index contributed by atoms with van der Waals surface area (Å²) >= 11 is 0. The predicted octanol–water partition coefficient (Wildman–Crippen LogP) is 4.47. The molecule has 1 amide bonds. The van der Waals surface area contributed by atoms with Crippen molar-refractivity contribution in [1.29, 1.82) is 0 Å². The molecule has 8 heteroatoms. The molecule has 0 aliphatic carbocycles. The second-order valence-electron chi connectivity index (χ2n) is 6.97. The number of alkyl halides is 2. The van der Waals surface area contributed by atoms with Crippen LogP contribution in [0.5, 0.6) is 5.88 Å². The Balaban J connectivity index is 2.10. The predicted molar refractivity (Wildman–Crippen MR) is 99.1 cm³/mol. The average Bonchev–Trinajstić information content (AvgIpc) is 2.61. The summed E-state index contributed by atoms with van der Waals surface area (Å²) in [6, 6.07) is 12.4. The number of carbonyl (C=O) groups is 1. The maximum atomic E-state index is 12.5. The fourth-order valence-corrected chi connectivity index (χ4v) is 2.32. The lowest BCUT2D eigenvalue weighted by Crippen LogP contribution is -2.35. The van der Waals surface area contributed by atoms with Crippen LogP contribution in [0.4, 0.5) is 13.6 Å². The van der Waals surface area contributed by atoms with Gasteiger partial charge in [0.1, 0.15) is 11.7 Å². The van der Waals surface area contributed by atoms with Crippen molar-refractivity contribution in [3.05, 3.63) is 59.8 Å². The fraction of sp³-hybridized carbons (Fsp3) is 0.400. The zero-order chi connectivity index (χ0) is 20.6. The van der Waals surface area contributed by atoms with Crippen LogP contribution in [0.3, 0.4) is 0 Å². The second-order valence-corrected chi connectivity index (χ2v) is 6.97. The van der Waals surface area contributed by atoms with Crippen molar-refractivity contribution in [2.75, 3.05) is 6.54 Å². The number of pyridine rings is 1. The van der Waals surface area contributed by atoms with Crippen LogP contribution in [0.15, 0.2) is 48.7 Å². The van der Waals surface area contributed by atoms with Crippen molar-refractivity contribution in [1.82, 2.24) is 10.3 Å². The molecule has 1 heterocycles. The van der Waals surface area contributed by atoms with Crippen LogP contribution in [0.25, 0.3) is 0 Å². The minimum absolute atomic E-state index is 0.0832. The summed E-state index contributed by atoms with van der Waals surface area (Å²) in [5.41, 5.74) is 0.833. The van der Waals surface area contributed by atoms with E-state index in [9.17, 15) is 13.6 Å². The van der Waals surface area contributed by atoms with Crippen molar-refractivity contribution >= 4 is 6.09 Å². The Kier molecular flexibility index (Phi) is 7.69. The number of rotatable bonds is 8. The number of nitrogens with one attached hydrogen (secondary N) is 1. The van der Waals surface area contributed by atoms with Crippen molar-refractivity contribution in [2.45, 2.75) is 45.7 Å². The molecular weight excluding hydrogens is 370 g/mol. The molecule has 1 aromatic carbocycles.